The smallest absolute Gasteiger partial charge is 0.249 e. The molecule has 3 atom stereocenters. The third-order valence-corrected chi connectivity index (χ3v) is 7.08. The monoisotopic (exact) mass is 451 g/mol. The van der Waals surface area contributed by atoms with Crippen LogP contribution in [0.2, 0.25) is 0 Å². The summed E-state index contributed by atoms with van der Waals surface area (Å²) in [5.74, 6) is 2.60. The van der Waals surface area contributed by atoms with Gasteiger partial charge in [-0.2, -0.15) is 5.10 Å². The maximum atomic E-state index is 12.7. The predicted octanol–water partition coefficient (Wildman–Crippen LogP) is 4.00. The summed E-state index contributed by atoms with van der Waals surface area (Å²) in [5, 5.41) is 8.82. The van der Waals surface area contributed by atoms with Gasteiger partial charge in [0.15, 0.2) is 0 Å². The Hall–Kier alpha value is -4.07. The minimum Gasteiger partial charge on any atom is -0.383 e. The number of nitrogens with one attached hydrogen (secondary N) is 1. The van der Waals surface area contributed by atoms with Gasteiger partial charge in [0.05, 0.1) is 11.9 Å². The van der Waals surface area contributed by atoms with E-state index in [0.29, 0.717) is 29.4 Å². The average molecular weight is 452 g/mol. The Labute approximate surface area is 196 Å². The number of nitrogens with zero attached hydrogens (tertiary/aromatic N) is 5. The third-order valence-electron chi connectivity index (χ3n) is 7.08. The van der Waals surface area contributed by atoms with Crippen molar-refractivity contribution in [1.29, 1.82) is 0 Å². The number of carbonyl (C=O) groups excluding carboxylic acids is 1. The van der Waals surface area contributed by atoms with Crippen LogP contribution in [-0.4, -0.2) is 30.6 Å². The predicted molar refractivity (Wildman–Crippen MR) is 131 cm³/mol. The first-order valence-electron chi connectivity index (χ1n) is 11.4. The lowest BCUT2D eigenvalue weighted by Crippen LogP contribution is -2.10. The zero-order chi connectivity index (χ0) is 23.4. The molecule has 0 saturated heterocycles. The summed E-state index contributed by atoms with van der Waals surface area (Å²) < 4.78 is 1.86. The van der Waals surface area contributed by atoms with Crippen molar-refractivity contribution in [3.63, 3.8) is 0 Å². The number of aryl methyl sites for hydroxylation is 2. The molecule has 4 heterocycles. The third kappa shape index (κ3) is 3.61. The highest BCUT2D eigenvalue weighted by atomic mass is 16.1. The van der Waals surface area contributed by atoms with Crippen LogP contribution in [0.15, 0.2) is 60.8 Å². The average Bonchev–Trinajstić information content (AvgIpc) is 3.10. The quantitative estimate of drug-likeness (QED) is 0.454. The largest absolute Gasteiger partial charge is 0.383 e. The number of allylic oxidation sites excluding steroid dienone is 1. The van der Waals surface area contributed by atoms with E-state index >= 15 is 0 Å². The molecule has 0 spiro atoms. The van der Waals surface area contributed by atoms with Gasteiger partial charge >= 0.3 is 0 Å². The van der Waals surface area contributed by atoms with Gasteiger partial charge in [-0.15, -0.1) is 0 Å². The molecule has 0 aromatic carbocycles. The fourth-order valence-corrected chi connectivity index (χ4v) is 5.38. The number of hydrogen-bond acceptors (Lipinski definition) is 6. The molecule has 8 heteroatoms. The van der Waals surface area contributed by atoms with Crippen LogP contribution in [0.5, 0.6) is 0 Å². The first-order chi connectivity index (χ1) is 16.5. The van der Waals surface area contributed by atoms with Gasteiger partial charge in [0.2, 0.25) is 5.91 Å². The SMILES string of the molecule is Cc1ccncc1-c1cc2cc(NC(=O)/C=C3/C[C@@H]4[C@H](C3)[C@H]4c3cnn(C)c3)ncc2c(N)n1. The molecule has 0 unspecified atom stereocenters. The van der Waals surface area contributed by atoms with Crippen LogP contribution in [0.3, 0.4) is 0 Å². The number of anilines is 2. The molecule has 170 valence electrons. The molecule has 0 bridgehead atoms. The highest BCUT2D eigenvalue weighted by Gasteiger charge is 2.55. The Bertz CT molecular complexity index is 1460. The van der Waals surface area contributed by atoms with Gasteiger partial charge in [-0.1, -0.05) is 5.57 Å². The van der Waals surface area contributed by atoms with Gasteiger partial charge in [-0.25, -0.2) is 9.97 Å². The Kier molecular flexibility index (Phi) is 4.69. The molecule has 6 rings (SSSR count). The second-order valence-corrected chi connectivity index (χ2v) is 9.37. The van der Waals surface area contributed by atoms with E-state index in [1.807, 2.05) is 43.0 Å². The molecule has 2 saturated carbocycles. The van der Waals surface area contributed by atoms with Gasteiger partial charge in [0.1, 0.15) is 11.6 Å². The van der Waals surface area contributed by atoms with Gasteiger partial charge < -0.3 is 11.1 Å². The molecule has 2 aliphatic carbocycles. The fourth-order valence-electron chi connectivity index (χ4n) is 5.38. The summed E-state index contributed by atoms with van der Waals surface area (Å²) in [4.78, 5) is 25.8. The highest BCUT2D eigenvalue weighted by molar-refractivity contribution is 6.01. The van der Waals surface area contributed by atoms with E-state index in [-0.39, 0.29) is 5.91 Å². The van der Waals surface area contributed by atoms with Gasteiger partial charge in [0.25, 0.3) is 0 Å². The molecule has 3 N–H and O–H groups in total. The number of hydrogen-bond donors (Lipinski definition) is 2. The van der Waals surface area contributed by atoms with E-state index in [1.54, 1.807) is 24.7 Å². The lowest BCUT2D eigenvalue weighted by atomic mass is 10.0. The number of carbonyl (C=O) groups is 1. The van der Waals surface area contributed by atoms with E-state index in [4.69, 9.17) is 5.73 Å². The van der Waals surface area contributed by atoms with Crippen molar-refractivity contribution in [2.24, 2.45) is 18.9 Å². The molecular formula is C26H25N7O. The number of fused-ring (bicyclic) bond motifs is 2. The maximum Gasteiger partial charge on any atom is 0.249 e. The summed E-state index contributed by atoms with van der Waals surface area (Å²) in [7, 11) is 1.95. The molecule has 2 fully saturated rings. The van der Waals surface area contributed by atoms with Crippen LogP contribution in [-0.2, 0) is 11.8 Å². The van der Waals surface area contributed by atoms with Gasteiger partial charge in [0, 0.05) is 48.9 Å². The van der Waals surface area contributed by atoms with Crippen molar-refractivity contribution in [3.8, 4) is 11.3 Å². The van der Waals surface area contributed by atoms with E-state index in [0.717, 1.165) is 40.4 Å². The Morgan fingerprint density at radius 1 is 1.21 bits per heavy atom. The normalized spacial score (nSPS) is 22.2. The molecule has 4 aromatic heterocycles. The molecule has 1 amide bonds. The Balaban J connectivity index is 1.18. The van der Waals surface area contributed by atoms with Crippen molar-refractivity contribution < 1.29 is 4.79 Å². The van der Waals surface area contributed by atoms with E-state index < -0.39 is 0 Å². The number of amides is 1. The van der Waals surface area contributed by atoms with Crippen LogP contribution in [0, 0.1) is 18.8 Å². The van der Waals surface area contributed by atoms with E-state index in [1.165, 1.54) is 11.1 Å². The highest BCUT2D eigenvalue weighted by Crippen LogP contribution is 2.64. The van der Waals surface area contributed by atoms with Crippen molar-refractivity contribution in [2.45, 2.75) is 25.7 Å². The minimum atomic E-state index is -0.147. The zero-order valence-corrected chi connectivity index (χ0v) is 19.1. The summed E-state index contributed by atoms with van der Waals surface area (Å²) in [5.41, 5.74) is 11.5. The van der Waals surface area contributed by atoms with E-state index in [9.17, 15) is 4.79 Å². The summed E-state index contributed by atoms with van der Waals surface area (Å²) >= 11 is 0. The van der Waals surface area contributed by atoms with Crippen molar-refractivity contribution in [3.05, 3.63) is 72.0 Å². The van der Waals surface area contributed by atoms with Gasteiger partial charge in [-0.3, -0.25) is 14.5 Å². The van der Waals surface area contributed by atoms with Crippen LogP contribution in [0.25, 0.3) is 22.0 Å². The molecule has 34 heavy (non-hydrogen) atoms. The standard InChI is InChI=1S/C26H25N7O/c1-14-3-4-28-11-20(14)22-8-16-9-23(29-12-21(16)26(27)31-22)32-24(34)7-15-5-18-19(6-15)25(18)17-10-30-33(2)13-17/h3-4,7-13,18-19,25H,5-6H2,1-2H3,(H2,27,31)(H,29,32,34)/b15-7-/t18-,19+,25+/m1/s1. The summed E-state index contributed by atoms with van der Waals surface area (Å²) in [6.07, 6.45) is 12.9. The van der Waals surface area contributed by atoms with Crippen molar-refractivity contribution >= 4 is 28.3 Å². The minimum absolute atomic E-state index is 0.147. The molecule has 8 nitrogen and oxygen atoms in total. The Morgan fingerprint density at radius 3 is 2.76 bits per heavy atom. The number of aromatic nitrogens is 5. The maximum absolute atomic E-state index is 12.7. The molecular weight excluding hydrogens is 426 g/mol. The fraction of sp³-hybridized carbons (Fsp3) is 0.269. The van der Waals surface area contributed by atoms with Crippen LogP contribution in [0.1, 0.15) is 29.9 Å². The second kappa shape index (κ2) is 7.76. The van der Waals surface area contributed by atoms with Crippen molar-refractivity contribution in [1.82, 2.24) is 24.7 Å². The van der Waals surface area contributed by atoms with Crippen molar-refractivity contribution in [2.75, 3.05) is 11.1 Å². The summed E-state index contributed by atoms with van der Waals surface area (Å²) in [6, 6.07) is 5.73. The zero-order valence-electron chi connectivity index (χ0n) is 19.1. The Morgan fingerprint density at radius 2 is 2.03 bits per heavy atom. The van der Waals surface area contributed by atoms with Crippen LogP contribution >= 0.6 is 0 Å². The van der Waals surface area contributed by atoms with Crippen LogP contribution in [0.4, 0.5) is 11.6 Å². The van der Waals surface area contributed by atoms with Gasteiger partial charge in [-0.05, 0) is 72.2 Å². The molecule has 0 radical (unpaired) electrons. The lowest BCUT2D eigenvalue weighted by molar-refractivity contribution is -0.112. The number of rotatable bonds is 4. The first kappa shape index (κ1) is 20.5. The number of pyridine rings is 3. The second-order valence-electron chi connectivity index (χ2n) is 9.37. The summed E-state index contributed by atoms with van der Waals surface area (Å²) in [6.45, 7) is 2.01. The topological polar surface area (TPSA) is 112 Å². The number of nitrogen functional groups attached to an aromatic ring is 1. The molecule has 4 aromatic rings. The first-order valence-corrected chi connectivity index (χ1v) is 11.4. The van der Waals surface area contributed by atoms with E-state index in [2.05, 4.69) is 31.6 Å². The lowest BCUT2D eigenvalue weighted by Gasteiger charge is -2.10. The van der Waals surface area contributed by atoms with Crippen LogP contribution < -0.4 is 11.1 Å². The molecule has 0 aliphatic heterocycles. The molecule has 2 aliphatic rings. The number of nitrogens with two attached hydrogens (primary N) is 1.